The van der Waals surface area contributed by atoms with Gasteiger partial charge in [-0.05, 0) is 32.3 Å². The molecular formula is C18H15N3O3. The normalized spacial score (nSPS) is 10.5. The smallest absolute Gasteiger partial charge is 0.358 e. The summed E-state index contributed by atoms with van der Waals surface area (Å²) >= 11 is 0. The molecule has 1 aromatic heterocycles. The van der Waals surface area contributed by atoms with Gasteiger partial charge in [-0.2, -0.15) is 0 Å². The number of pyridine rings is 1. The van der Waals surface area contributed by atoms with Crippen LogP contribution in [0.4, 0.5) is 11.5 Å². The molecular weight excluding hydrogens is 306 g/mol. The summed E-state index contributed by atoms with van der Waals surface area (Å²) in [5, 5.41) is 12.8. The molecule has 0 fully saturated rings. The molecule has 0 bridgehead atoms. The van der Waals surface area contributed by atoms with E-state index < -0.39 is 4.92 Å². The van der Waals surface area contributed by atoms with Crippen LogP contribution in [0.5, 0.6) is 0 Å². The van der Waals surface area contributed by atoms with Crippen LogP contribution in [0.15, 0.2) is 60.8 Å². The van der Waals surface area contributed by atoms with Gasteiger partial charge in [-0.15, -0.1) is 0 Å². The third-order valence-electron chi connectivity index (χ3n) is 3.85. The van der Waals surface area contributed by atoms with Gasteiger partial charge in [0.25, 0.3) is 0 Å². The first-order valence-electron chi connectivity index (χ1n) is 7.39. The number of nitro groups is 1. The molecule has 24 heavy (non-hydrogen) atoms. The van der Waals surface area contributed by atoms with E-state index in [-0.39, 0.29) is 18.1 Å². The number of aromatic nitrogens is 1. The topological polar surface area (TPSA) is 76.3 Å². The fraction of sp³-hybridized carbons (Fsp3) is 0.111. The molecule has 0 N–H and O–H groups in total. The van der Waals surface area contributed by atoms with E-state index >= 15 is 0 Å². The number of benzene rings is 2. The molecule has 6 nitrogen and oxygen atoms in total. The molecule has 0 unspecified atom stereocenters. The molecule has 0 aliphatic carbocycles. The molecule has 0 saturated heterocycles. The highest BCUT2D eigenvalue weighted by molar-refractivity contribution is 5.95. The molecule has 0 radical (unpaired) electrons. The van der Waals surface area contributed by atoms with Gasteiger partial charge >= 0.3 is 5.82 Å². The zero-order chi connectivity index (χ0) is 17.1. The fourth-order valence-corrected chi connectivity index (χ4v) is 2.47. The number of hydrogen-bond acceptors (Lipinski definition) is 4. The number of fused-ring (bicyclic) bond motifs is 1. The van der Waals surface area contributed by atoms with E-state index in [4.69, 9.17) is 0 Å². The number of anilines is 1. The Morgan fingerprint density at radius 1 is 1.12 bits per heavy atom. The van der Waals surface area contributed by atoms with Crippen LogP contribution in [0.1, 0.15) is 5.56 Å². The zero-order valence-corrected chi connectivity index (χ0v) is 13.0. The highest BCUT2D eigenvalue weighted by atomic mass is 16.6. The lowest BCUT2D eigenvalue weighted by atomic mass is 10.0. The van der Waals surface area contributed by atoms with E-state index in [0.29, 0.717) is 5.69 Å². The van der Waals surface area contributed by atoms with Gasteiger partial charge in [0, 0.05) is 13.1 Å². The minimum atomic E-state index is -0.569. The summed E-state index contributed by atoms with van der Waals surface area (Å²) in [6.45, 7) is 0. The summed E-state index contributed by atoms with van der Waals surface area (Å²) in [4.78, 5) is 27.7. The fourth-order valence-electron chi connectivity index (χ4n) is 2.47. The SMILES string of the molecule is CN(C(=O)Cc1ccc2ccccc2c1)c1ccc([N+](=O)[O-])nc1. The van der Waals surface area contributed by atoms with Gasteiger partial charge in [0.05, 0.1) is 12.1 Å². The van der Waals surface area contributed by atoms with E-state index in [9.17, 15) is 14.9 Å². The standard InChI is InChI=1S/C18H15N3O3/c1-20(16-8-9-17(19-12-16)21(23)24)18(22)11-13-6-7-14-4-2-3-5-15(14)10-13/h2-10,12H,11H2,1H3. The number of nitrogens with zero attached hydrogens (tertiary/aromatic N) is 3. The van der Waals surface area contributed by atoms with Gasteiger partial charge in [-0.25, -0.2) is 0 Å². The average molecular weight is 321 g/mol. The van der Waals surface area contributed by atoms with Gasteiger partial charge in [0.15, 0.2) is 6.20 Å². The predicted molar refractivity (Wildman–Crippen MR) is 92.0 cm³/mol. The summed E-state index contributed by atoms with van der Waals surface area (Å²) in [5.41, 5.74) is 1.44. The lowest BCUT2D eigenvalue weighted by Gasteiger charge is -2.16. The van der Waals surface area contributed by atoms with Gasteiger partial charge in [0.1, 0.15) is 0 Å². The number of hydrogen-bond donors (Lipinski definition) is 0. The van der Waals surface area contributed by atoms with Crippen LogP contribution in [-0.4, -0.2) is 22.9 Å². The van der Waals surface area contributed by atoms with Crippen molar-refractivity contribution in [2.45, 2.75) is 6.42 Å². The second kappa shape index (κ2) is 6.45. The summed E-state index contributed by atoms with van der Waals surface area (Å²) in [7, 11) is 1.63. The summed E-state index contributed by atoms with van der Waals surface area (Å²) in [5.74, 6) is -0.352. The molecule has 120 valence electrons. The second-order valence-corrected chi connectivity index (χ2v) is 5.44. The van der Waals surface area contributed by atoms with Crippen LogP contribution < -0.4 is 4.90 Å². The van der Waals surface area contributed by atoms with Gasteiger partial charge < -0.3 is 15.0 Å². The van der Waals surface area contributed by atoms with Crippen LogP contribution in [0.3, 0.4) is 0 Å². The van der Waals surface area contributed by atoms with Gasteiger partial charge in [0.2, 0.25) is 5.91 Å². The van der Waals surface area contributed by atoms with Crippen molar-refractivity contribution in [2.24, 2.45) is 0 Å². The molecule has 2 aromatic carbocycles. The highest BCUT2D eigenvalue weighted by Gasteiger charge is 2.15. The van der Waals surface area contributed by atoms with Crippen molar-refractivity contribution < 1.29 is 9.72 Å². The Labute approximate surface area is 138 Å². The lowest BCUT2D eigenvalue weighted by Crippen LogP contribution is -2.27. The van der Waals surface area contributed by atoms with E-state index in [2.05, 4.69) is 4.98 Å². The van der Waals surface area contributed by atoms with Crippen molar-refractivity contribution in [3.05, 3.63) is 76.5 Å². The zero-order valence-electron chi connectivity index (χ0n) is 13.0. The van der Waals surface area contributed by atoms with Gasteiger partial charge in [-0.3, -0.25) is 4.79 Å². The Kier molecular flexibility index (Phi) is 4.20. The Morgan fingerprint density at radius 3 is 2.54 bits per heavy atom. The lowest BCUT2D eigenvalue weighted by molar-refractivity contribution is -0.389. The van der Waals surface area contributed by atoms with Gasteiger partial charge in [-0.1, -0.05) is 42.5 Å². The highest BCUT2D eigenvalue weighted by Crippen LogP contribution is 2.19. The van der Waals surface area contributed by atoms with E-state index in [1.54, 1.807) is 7.05 Å². The Balaban J connectivity index is 1.76. The number of amides is 1. The maximum Gasteiger partial charge on any atom is 0.363 e. The maximum absolute atomic E-state index is 12.4. The van der Waals surface area contributed by atoms with Crippen LogP contribution >= 0.6 is 0 Å². The van der Waals surface area contributed by atoms with Crippen LogP contribution in [0.2, 0.25) is 0 Å². The number of likely N-dealkylation sites (N-methyl/N-ethyl adjacent to an activating group) is 1. The van der Waals surface area contributed by atoms with Crippen molar-refractivity contribution in [1.29, 1.82) is 0 Å². The quantitative estimate of drug-likeness (QED) is 0.545. The minimum Gasteiger partial charge on any atom is -0.358 e. The molecule has 1 amide bonds. The Bertz CT molecular complexity index is 907. The van der Waals surface area contributed by atoms with Crippen molar-refractivity contribution in [3.63, 3.8) is 0 Å². The van der Waals surface area contributed by atoms with E-state index in [0.717, 1.165) is 16.3 Å². The minimum absolute atomic E-state index is 0.110. The molecule has 1 heterocycles. The monoisotopic (exact) mass is 321 g/mol. The molecule has 0 saturated carbocycles. The Hall–Kier alpha value is -3.28. The van der Waals surface area contributed by atoms with Crippen LogP contribution in [0.25, 0.3) is 10.8 Å². The van der Waals surface area contributed by atoms with Crippen molar-refractivity contribution in [1.82, 2.24) is 4.98 Å². The third kappa shape index (κ3) is 3.22. The summed E-state index contributed by atoms with van der Waals surface area (Å²) in [6, 6.07) is 16.7. The molecule has 3 rings (SSSR count). The first-order valence-corrected chi connectivity index (χ1v) is 7.39. The van der Waals surface area contributed by atoms with Crippen molar-refractivity contribution in [3.8, 4) is 0 Å². The van der Waals surface area contributed by atoms with E-state index in [1.165, 1.54) is 23.2 Å². The second-order valence-electron chi connectivity index (χ2n) is 5.44. The summed E-state index contributed by atoms with van der Waals surface area (Å²) in [6.07, 6.45) is 1.58. The van der Waals surface area contributed by atoms with Crippen LogP contribution in [-0.2, 0) is 11.2 Å². The largest absolute Gasteiger partial charge is 0.363 e. The number of carbonyl (C=O) groups excluding carboxylic acids is 1. The molecule has 6 heteroatoms. The third-order valence-corrected chi connectivity index (χ3v) is 3.85. The predicted octanol–water partition coefficient (Wildman–Crippen LogP) is 3.35. The maximum atomic E-state index is 12.4. The summed E-state index contributed by atoms with van der Waals surface area (Å²) < 4.78 is 0. The molecule has 0 atom stereocenters. The first kappa shape index (κ1) is 15.6. The van der Waals surface area contributed by atoms with Crippen molar-refractivity contribution >= 4 is 28.2 Å². The first-order chi connectivity index (χ1) is 11.5. The molecule has 0 aliphatic heterocycles. The Morgan fingerprint density at radius 2 is 1.88 bits per heavy atom. The molecule has 0 aliphatic rings. The van der Waals surface area contributed by atoms with Crippen LogP contribution in [0, 0.1) is 10.1 Å². The molecule has 3 aromatic rings. The number of rotatable bonds is 4. The van der Waals surface area contributed by atoms with Crippen molar-refractivity contribution in [2.75, 3.05) is 11.9 Å². The molecule has 0 spiro atoms. The average Bonchev–Trinajstić information content (AvgIpc) is 2.61. The van der Waals surface area contributed by atoms with E-state index in [1.807, 2.05) is 42.5 Å². The number of carbonyl (C=O) groups is 1.